The first-order valence-corrected chi connectivity index (χ1v) is 15.0. The number of rotatable bonds is 9. The Balaban J connectivity index is 1.47. The summed E-state index contributed by atoms with van der Waals surface area (Å²) in [5.41, 5.74) is 4.05. The van der Waals surface area contributed by atoms with Crippen LogP contribution in [-0.2, 0) is 27.7 Å². The summed E-state index contributed by atoms with van der Waals surface area (Å²) in [7, 11) is -3.54. The van der Waals surface area contributed by atoms with E-state index in [0.29, 0.717) is 37.8 Å². The number of benzene rings is 3. The van der Waals surface area contributed by atoms with Crippen molar-refractivity contribution < 1.29 is 17.9 Å². The molecule has 2 heterocycles. The lowest BCUT2D eigenvalue weighted by Gasteiger charge is -2.26. The lowest BCUT2D eigenvalue weighted by molar-refractivity contribution is 0.0730. The predicted octanol–water partition coefficient (Wildman–Crippen LogP) is 5.11. The van der Waals surface area contributed by atoms with Crippen molar-refractivity contribution in [1.82, 2.24) is 8.87 Å². The van der Waals surface area contributed by atoms with E-state index < -0.39 is 10.0 Å². The average Bonchev–Trinajstić information content (AvgIpc) is 3.36. The summed E-state index contributed by atoms with van der Waals surface area (Å²) in [6.45, 7) is 4.94. The molecular weight excluding hydrogens is 518 g/mol. The zero-order chi connectivity index (χ0) is 26.4. The highest BCUT2D eigenvalue weighted by Gasteiger charge is 2.26. The van der Waals surface area contributed by atoms with E-state index in [9.17, 15) is 8.42 Å². The van der Waals surface area contributed by atoms with Crippen LogP contribution in [0.25, 0.3) is 11.3 Å². The highest BCUT2D eigenvalue weighted by atomic mass is 32.2. The van der Waals surface area contributed by atoms with Crippen LogP contribution in [0, 0.1) is 0 Å². The lowest BCUT2D eigenvalue weighted by atomic mass is 10.1. The third-order valence-electron chi connectivity index (χ3n) is 6.39. The number of aromatic nitrogens is 1. The number of hydrogen-bond acceptors (Lipinski definition) is 6. The minimum absolute atomic E-state index is 0.300. The van der Waals surface area contributed by atoms with Gasteiger partial charge in [-0.3, -0.25) is 0 Å². The Morgan fingerprint density at radius 1 is 0.947 bits per heavy atom. The van der Waals surface area contributed by atoms with Gasteiger partial charge in [0.25, 0.3) is 0 Å². The molecule has 7 nitrogen and oxygen atoms in total. The normalized spacial score (nSPS) is 15.0. The molecule has 38 heavy (non-hydrogen) atoms. The number of ether oxygens (including phenoxy) is 2. The zero-order valence-corrected chi connectivity index (χ0v) is 23.0. The van der Waals surface area contributed by atoms with Crippen molar-refractivity contribution in [3.63, 3.8) is 0 Å². The first kappa shape index (κ1) is 26.4. The van der Waals surface area contributed by atoms with Crippen LogP contribution in [0.3, 0.4) is 0 Å². The minimum Gasteiger partial charge on any atom is -0.494 e. The van der Waals surface area contributed by atoms with Gasteiger partial charge in [-0.1, -0.05) is 42.5 Å². The molecule has 1 aromatic heterocycles. The lowest BCUT2D eigenvalue weighted by Crippen LogP contribution is -2.40. The van der Waals surface area contributed by atoms with Crippen LogP contribution in [-0.4, -0.2) is 50.2 Å². The molecule has 0 bridgehead atoms. The maximum Gasteiger partial charge on any atom is 0.243 e. The van der Waals surface area contributed by atoms with Crippen molar-refractivity contribution in [2.24, 2.45) is 4.99 Å². The second-order valence-electron chi connectivity index (χ2n) is 8.87. The van der Waals surface area contributed by atoms with Crippen molar-refractivity contribution in [1.29, 1.82) is 0 Å². The van der Waals surface area contributed by atoms with Gasteiger partial charge >= 0.3 is 0 Å². The fourth-order valence-corrected chi connectivity index (χ4v) is 6.74. The van der Waals surface area contributed by atoms with E-state index in [1.165, 1.54) is 9.87 Å². The predicted molar refractivity (Wildman–Crippen MR) is 150 cm³/mol. The van der Waals surface area contributed by atoms with E-state index in [2.05, 4.69) is 22.1 Å². The van der Waals surface area contributed by atoms with Crippen molar-refractivity contribution >= 4 is 27.0 Å². The van der Waals surface area contributed by atoms with Gasteiger partial charge in [-0.2, -0.15) is 4.31 Å². The molecule has 1 aliphatic rings. The van der Waals surface area contributed by atoms with Gasteiger partial charge in [0, 0.05) is 25.0 Å². The average molecular weight is 550 g/mol. The third-order valence-corrected chi connectivity index (χ3v) is 9.17. The maximum atomic E-state index is 13.1. The van der Waals surface area contributed by atoms with E-state index in [1.807, 2.05) is 61.5 Å². The third kappa shape index (κ3) is 6.07. The number of nitrogens with zero attached hydrogens (tertiary/aromatic N) is 3. The second kappa shape index (κ2) is 12.1. The molecule has 0 saturated carbocycles. The molecule has 0 unspecified atom stereocenters. The molecule has 3 aromatic carbocycles. The molecule has 0 atom stereocenters. The largest absolute Gasteiger partial charge is 0.494 e. The van der Waals surface area contributed by atoms with Crippen LogP contribution < -0.4 is 9.54 Å². The Kier molecular flexibility index (Phi) is 8.38. The molecular formula is C29H31N3O4S2. The molecule has 198 valence electrons. The SMILES string of the molecule is CCOc1ccc(N=c2scc(-c3ccc(S(=O)(=O)N4CCOCC4)cc3)n2CCc2ccccc2)cc1. The van der Waals surface area contributed by atoms with E-state index in [-0.39, 0.29) is 0 Å². The Hall–Kier alpha value is -3.24. The second-order valence-corrected chi connectivity index (χ2v) is 11.6. The smallest absolute Gasteiger partial charge is 0.243 e. The van der Waals surface area contributed by atoms with E-state index in [1.54, 1.807) is 23.5 Å². The van der Waals surface area contributed by atoms with Crippen LogP contribution in [0.2, 0.25) is 0 Å². The first-order valence-electron chi connectivity index (χ1n) is 12.7. The fraction of sp³-hybridized carbons (Fsp3) is 0.276. The van der Waals surface area contributed by atoms with E-state index in [0.717, 1.165) is 40.5 Å². The molecule has 1 fully saturated rings. The summed E-state index contributed by atoms with van der Waals surface area (Å²) in [6, 6.07) is 25.3. The molecule has 1 saturated heterocycles. The number of hydrogen-bond donors (Lipinski definition) is 0. The summed E-state index contributed by atoms with van der Waals surface area (Å²) in [5, 5.41) is 2.09. The molecule has 5 rings (SSSR count). The Bertz CT molecular complexity index is 1500. The molecule has 0 spiro atoms. The van der Waals surface area contributed by atoms with Crippen molar-refractivity contribution in [2.75, 3.05) is 32.9 Å². The summed E-state index contributed by atoms with van der Waals surface area (Å²) < 4.78 is 40.7. The Labute approximate surface area is 227 Å². The van der Waals surface area contributed by atoms with Gasteiger partial charge in [-0.05, 0) is 60.9 Å². The topological polar surface area (TPSA) is 73.1 Å². The van der Waals surface area contributed by atoms with Gasteiger partial charge in [-0.15, -0.1) is 11.3 Å². The van der Waals surface area contributed by atoms with E-state index in [4.69, 9.17) is 14.5 Å². The quantitative estimate of drug-likeness (QED) is 0.291. The fourth-order valence-electron chi connectivity index (χ4n) is 4.38. The van der Waals surface area contributed by atoms with Gasteiger partial charge in [0.05, 0.1) is 36.1 Å². The number of thiazole rings is 1. The molecule has 1 aliphatic heterocycles. The van der Waals surface area contributed by atoms with E-state index >= 15 is 0 Å². The highest BCUT2D eigenvalue weighted by Crippen LogP contribution is 2.25. The molecule has 0 N–H and O–H groups in total. The standard InChI is InChI=1S/C29H31N3O4S2/c1-2-36-26-12-10-25(11-13-26)30-29-32(17-16-23-6-4-3-5-7-23)28(22-37-29)24-8-14-27(15-9-24)38(33,34)31-18-20-35-21-19-31/h3-15,22H,2,16-21H2,1H3. The number of aryl methyl sites for hydroxylation is 1. The zero-order valence-electron chi connectivity index (χ0n) is 21.3. The monoisotopic (exact) mass is 549 g/mol. The van der Waals surface area contributed by atoms with Crippen LogP contribution >= 0.6 is 11.3 Å². The summed E-state index contributed by atoms with van der Waals surface area (Å²) >= 11 is 1.57. The van der Waals surface area contributed by atoms with Crippen molar-refractivity contribution in [2.45, 2.75) is 24.8 Å². The molecule has 4 aromatic rings. The summed E-state index contributed by atoms with van der Waals surface area (Å²) in [6.07, 6.45) is 0.852. The summed E-state index contributed by atoms with van der Waals surface area (Å²) in [5.74, 6) is 0.822. The van der Waals surface area contributed by atoms with Crippen LogP contribution in [0.4, 0.5) is 5.69 Å². The van der Waals surface area contributed by atoms with Gasteiger partial charge in [0.15, 0.2) is 4.80 Å². The van der Waals surface area contributed by atoms with Gasteiger partial charge < -0.3 is 14.0 Å². The van der Waals surface area contributed by atoms with Crippen LogP contribution in [0.15, 0.2) is 94.1 Å². The number of morpholine rings is 1. The molecule has 9 heteroatoms. The van der Waals surface area contributed by atoms with Crippen LogP contribution in [0.5, 0.6) is 5.75 Å². The van der Waals surface area contributed by atoms with Crippen LogP contribution in [0.1, 0.15) is 12.5 Å². The van der Waals surface area contributed by atoms with Gasteiger partial charge in [-0.25, -0.2) is 13.4 Å². The highest BCUT2D eigenvalue weighted by molar-refractivity contribution is 7.89. The van der Waals surface area contributed by atoms with Gasteiger partial charge in [0.1, 0.15) is 5.75 Å². The molecule has 0 radical (unpaired) electrons. The maximum absolute atomic E-state index is 13.1. The van der Waals surface area contributed by atoms with Gasteiger partial charge in [0.2, 0.25) is 10.0 Å². The Morgan fingerprint density at radius 2 is 1.66 bits per heavy atom. The molecule has 0 aliphatic carbocycles. The Morgan fingerprint density at radius 3 is 2.34 bits per heavy atom. The minimum atomic E-state index is -3.54. The first-order chi connectivity index (χ1) is 18.5. The number of sulfonamides is 1. The van der Waals surface area contributed by atoms with Crippen molar-refractivity contribution in [3.8, 4) is 17.0 Å². The van der Waals surface area contributed by atoms with Crippen molar-refractivity contribution in [3.05, 3.63) is 94.6 Å². The molecule has 0 amide bonds. The summed E-state index contributed by atoms with van der Waals surface area (Å²) in [4.78, 5) is 6.11.